The number of halogens is 2. The van der Waals surface area contributed by atoms with Crippen LogP contribution in [0.1, 0.15) is 0 Å². The van der Waals surface area contributed by atoms with Crippen LogP contribution in [0.15, 0.2) is 12.3 Å². The molecule has 3 nitrogen and oxygen atoms in total. The predicted molar refractivity (Wildman–Crippen MR) is 34.7 cm³/mol. The fourth-order valence-electron chi connectivity index (χ4n) is 0.267. The Morgan fingerprint density at radius 3 is 2.33 bits per heavy atom. The standard InChI is InChI=1S/C3H5N3.2ClH.Cu/c4-3-1-2-5-6-3;;;/h1-2H,(H3,4,5,6);2*1H;/q;;;+2/p-2. The van der Waals surface area contributed by atoms with Crippen LogP contribution in [0.2, 0.25) is 0 Å². The van der Waals surface area contributed by atoms with Gasteiger partial charge in [0.1, 0.15) is 5.82 Å². The third kappa shape index (κ3) is 5.99. The molecule has 0 saturated heterocycles. The van der Waals surface area contributed by atoms with Crippen LogP contribution in [-0.2, 0) is 13.1 Å². The van der Waals surface area contributed by atoms with Crippen LogP contribution in [0, 0.1) is 0 Å². The molecule has 0 amide bonds. The van der Waals surface area contributed by atoms with E-state index < -0.39 is 0 Å². The number of aromatic amines is 1. The molecule has 1 rings (SSSR count). The van der Waals surface area contributed by atoms with Crippen molar-refractivity contribution in [3.63, 3.8) is 0 Å². The summed E-state index contributed by atoms with van der Waals surface area (Å²) in [5.74, 6) is 0.606. The molecule has 0 atom stereocenters. The van der Waals surface area contributed by atoms with E-state index in [2.05, 4.69) is 30.4 Å². The molecule has 0 spiro atoms. The van der Waals surface area contributed by atoms with Crippen molar-refractivity contribution in [2.45, 2.75) is 0 Å². The zero-order chi connectivity index (χ0) is 7.11. The van der Waals surface area contributed by atoms with Gasteiger partial charge in [0.15, 0.2) is 0 Å². The molecule has 0 bridgehead atoms. The molecule has 3 N–H and O–H groups in total. The van der Waals surface area contributed by atoms with E-state index in [4.69, 9.17) is 5.73 Å². The van der Waals surface area contributed by atoms with E-state index in [1.54, 1.807) is 12.3 Å². The van der Waals surface area contributed by atoms with Crippen molar-refractivity contribution >= 4 is 26.0 Å². The van der Waals surface area contributed by atoms with Crippen LogP contribution in [0.4, 0.5) is 5.82 Å². The van der Waals surface area contributed by atoms with E-state index in [0.29, 0.717) is 5.82 Å². The molecule has 0 unspecified atom stereocenters. The summed E-state index contributed by atoms with van der Waals surface area (Å²) in [4.78, 5) is 0. The zero-order valence-corrected chi connectivity index (χ0v) is 6.69. The Hall–Kier alpha value is 0.109. The van der Waals surface area contributed by atoms with E-state index in [0.717, 1.165) is 13.1 Å². The van der Waals surface area contributed by atoms with Crippen LogP contribution in [0.5, 0.6) is 0 Å². The van der Waals surface area contributed by atoms with Crippen molar-refractivity contribution in [1.82, 2.24) is 10.2 Å². The van der Waals surface area contributed by atoms with Gasteiger partial charge in [-0.2, -0.15) is 5.10 Å². The number of hydrogen-bond donors (Lipinski definition) is 2. The number of nitrogens with two attached hydrogens (primary N) is 1. The second kappa shape index (κ2) is 6.23. The summed E-state index contributed by atoms with van der Waals surface area (Å²) in [7, 11) is 9.34. The number of anilines is 1. The van der Waals surface area contributed by atoms with Crippen molar-refractivity contribution in [2.24, 2.45) is 0 Å². The van der Waals surface area contributed by atoms with E-state index in [1.807, 2.05) is 0 Å². The molecule has 1 heterocycles. The van der Waals surface area contributed by atoms with E-state index in [1.165, 1.54) is 0 Å². The first-order valence-electron chi connectivity index (χ1n) is 1.87. The average Bonchev–Trinajstić information content (AvgIpc) is 2.20. The molecule has 0 saturated carbocycles. The second-order valence-electron chi connectivity index (χ2n) is 1.06. The third-order valence-corrected chi connectivity index (χ3v) is 0.522. The van der Waals surface area contributed by atoms with Gasteiger partial charge in [-0.05, 0) is 6.07 Å². The molecule has 0 aliphatic heterocycles. The van der Waals surface area contributed by atoms with Gasteiger partial charge < -0.3 is 5.73 Å². The Labute approximate surface area is 67.5 Å². The van der Waals surface area contributed by atoms with Crippen molar-refractivity contribution in [1.29, 1.82) is 0 Å². The summed E-state index contributed by atoms with van der Waals surface area (Å²) in [6.07, 6.45) is 1.61. The fraction of sp³-hybridized carbons (Fsp3) is 0. The van der Waals surface area contributed by atoms with Gasteiger partial charge in [-0.15, -0.1) is 0 Å². The Kier molecular flexibility index (Phi) is 6.31. The molecule has 0 radical (unpaired) electrons. The molecule has 1 aromatic heterocycles. The summed E-state index contributed by atoms with van der Waals surface area (Å²) in [6, 6.07) is 1.69. The molecular formula is C3H5Cl2CuN3. The van der Waals surface area contributed by atoms with Crippen LogP contribution >= 0.6 is 20.2 Å². The summed E-state index contributed by atoms with van der Waals surface area (Å²) in [6.45, 7) is 0. The first-order valence-corrected chi connectivity index (χ1v) is 4.46. The topological polar surface area (TPSA) is 54.7 Å². The van der Waals surface area contributed by atoms with Crippen molar-refractivity contribution in [3.8, 4) is 0 Å². The first kappa shape index (κ1) is 9.11. The van der Waals surface area contributed by atoms with Gasteiger partial charge in [0.05, 0.1) is 6.20 Å². The van der Waals surface area contributed by atoms with Crippen LogP contribution < -0.4 is 5.73 Å². The molecule has 57 valence electrons. The van der Waals surface area contributed by atoms with Crippen molar-refractivity contribution in [2.75, 3.05) is 5.73 Å². The number of nitrogens with zero attached hydrogens (tertiary/aromatic N) is 1. The van der Waals surface area contributed by atoms with Crippen molar-refractivity contribution in [3.05, 3.63) is 12.3 Å². The number of H-pyrrole nitrogens is 1. The number of hydrogen-bond acceptors (Lipinski definition) is 2. The summed E-state index contributed by atoms with van der Waals surface area (Å²) in [5, 5.41) is 6.10. The molecule has 6 heteroatoms. The van der Waals surface area contributed by atoms with Crippen LogP contribution in [0.25, 0.3) is 0 Å². The molecule has 0 aliphatic rings. The summed E-state index contributed by atoms with van der Waals surface area (Å²) < 4.78 is 0. The Balaban J connectivity index is 0.000000187. The van der Waals surface area contributed by atoms with Gasteiger partial charge in [0.2, 0.25) is 0 Å². The van der Waals surface area contributed by atoms with Gasteiger partial charge in [-0.25, -0.2) is 0 Å². The fourth-order valence-corrected chi connectivity index (χ4v) is 0.267. The van der Waals surface area contributed by atoms with E-state index in [9.17, 15) is 0 Å². The minimum absolute atomic E-state index is 0.606. The Morgan fingerprint density at radius 2 is 2.22 bits per heavy atom. The van der Waals surface area contributed by atoms with E-state index in [-0.39, 0.29) is 0 Å². The maximum atomic E-state index is 5.16. The molecular weight excluding hydrogens is 213 g/mol. The molecule has 0 fully saturated rings. The zero-order valence-electron chi connectivity index (χ0n) is 4.24. The molecule has 1 aromatic rings. The average molecular weight is 218 g/mol. The number of rotatable bonds is 0. The van der Waals surface area contributed by atoms with Crippen LogP contribution in [-0.4, -0.2) is 10.2 Å². The van der Waals surface area contributed by atoms with Gasteiger partial charge in [-0.3, -0.25) is 5.10 Å². The van der Waals surface area contributed by atoms with Crippen molar-refractivity contribution < 1.29 is 13.1 Å². The van der Waals surface area contributed by atoms with Crippen LogP contribution in [0.3, 0.4) is 0 Å². The van der Waals surface area contributed by atoms with Gasteiger partial charge >= 0.3 is 33.3 Å². The summed E-state index contributed by atoms with van der Waals surface area (Å²) in [5.41, 5.74) is 5.16. The third-order valence-electron chi connectivity index (χ3n) is 0.522. The van der Waals surface area contributed by atoms with E-state index >= 15 is 0 Å². The second-order valence-corrected chi connectivity index (χ2v) is 2.61. The van der Waals surface area contributed by atoms with Gasteiger partial charge in [0, 0.05) is 0 Å². The van der Waals surface area contributed by atoms with Gasteiger partial charge in [0.25, 0.3) is 0 Å². The molecule has 9 heavy (non-hydrogen) atoms. The number of nitrogen functional groups attached to an aromatic ring is 1. The normalized spacial score (nSPS) is 8.22. The quantitative estimate of drug-likeness (QED) is 0.645. The first-order chi connectivity index (χ1) is 4.31. The number of nitrogens with one attached hydrogen (secondary N) is 1. The molecule has 0 aromatic carbocycles. The monoisotopic (exact) mass is 216 g/mol. The molecule has 0 aliphatic carbocycles. The predicted octanol–water partition coefficient (Wildman–Crippen LogP) is 1.37. The summed E-state index contributed by atoms with van der Waals surface area (Å²) >= 11 is 0.757. The maximum absolute atomic E-state index is 5.16. The van der Waals surface area contributed by atoms with Gasteiger partial charge in [-0.1, -0.05) is 0 Å². The number of aromatic nitrogens is 2. The Bertz CT molecular complexity index is 132. The Morgan fingerprint density at radius 1 is 1.67 bits per heavy atom. The minimum atomic E-state index is 0.606. The SMILES string of the molecule is Nc1ccn[nH]1.[Cl][Cu][Cl].